The monoisotopic (exact) mass is 487 g/mol. The van der Waals surface area contributed by atoms with Gasteiger partial charge < -0.3 is 10.4 Å². The van der Waals surface area contributed by atoms with Crippen LogP contribution in [0.5, 0.6) is 0 Å². The lowest BCUT2D eigenvalue weighted by Crippen LogP contribution is -2.30. The number of nitrogens with zero attached hydrogens (tertiary/aromatic N) is 2. The summed E-state index contributed by atoms with van der Waals surface area (Å²) < 4.78 is 40.9. The number of aryl methyl sites for hydroxylation is 1. The highest BCUT2D eigenvalue weighted by molar-refractivity contribution is 7.17. The first-order valence-corrected chi connectivity index (χ1v) is 10.7. The molecule has 0 atom stereocenters. The van der Waals surface area contributed by atoms with Crippen LogP contribution in [0.3, 0.4) is 0 Å². The highest BCUT2D eigenvalue weighted by Gasteiger charge is 2.33. The zero-order chi connectivity index (χ0) is 24.6. The molecule has 4 rings (SSSR count). The first-order valence-electron chi connectivity index (χ1n) is 9.84. The second-order valence-corrected chi connectivity index (χ2v) is 8.28. The Bertz CT molecular complexity index is 1490. The van der Waals surface area contributed by atoms with Crippen molar-refractivity contribution in [2.24, 2.45) is 0 Å². The number of carbonyl (C=O) groups is 2. The first kappa shape index (κ1) is 23.2. The van der Waals surface area contributed by atoms with Gasteiger partial charge in [0.15, 0.2) is 0 Å². The van der Waals surface area contributed by atoms with Crippen molar-refractivity contribution < 1.29 is 27.9 Å². The summed E-state index contributed by atoms with van der Waals surface area (Å²) in [5, 5.41) is 12.8. The molecule has 2 aromatic carbocycles. The highest BCUT2D eigenvalue weighted by atomic mass is 32.1. The quantitative estimate of drug-likeness (QED) is 0.422. The molecule has 0 saturated heterocycles. The lowest BCUT2D eigenvalue weighted by molar-refractivity contribution is -0.137. The van der Waals surface area contributed by atoms with Crippen molar-refractivity contribution in [3.63, 3.8) is 0 Å². The van der Waals surface area contributed by atoms with Crippen molar-refractivity contribution in [3.8, 4) is 11.4 Å². The van der Waals surface area contributed by atoms with Gasteiger partial charge in [-0.2, -0.15) is 13.2 Å². The van der Waals surface area contributed by atoms with E-state index in [1.807, 2.05) is 13.0 Å². The summed E-state index contributed by atoms with van der Waals surface area (Å²) in [5.41, 5.74) is -1.19. The number of carbonyl (C=O) groups excluding carboxylic acids is 1. The molecule has 11 heteroatoms. The molecule has 0 aliphatic carbocycles. The van der Waals surface area contributed by atoms with Crippen molar-refractivity contribution in [2.45, 2.75) is 19.6 Å². The Morgan fingerprint density at radius 1 is 1.15 bits per heavy atom. The van der Waals surface area contributed by atoms with Crippen LogP contribution >= 0.6 is 11.3 Å². The van der Waals surface area contributed by atoms with Crippen LogP contribution in [0.1, 0.15) is 21.5 Å². The van der Waals surface area contributed by atoms with E-state index in [0.717, 1.165) is 33.6 Å². The summed E-state index contributed by atoms with van der Waals surface area (Å²) in [6, 6.07) is 11.4. The third-order valence-electron chi connectivity index (χ3n) is 5.01. The Balaban J connectivity index is 1.83. The van der Waals surface area contributed by atoms with Crippen LogP contribution in [0.15, 0.2) is 58.7 Å². The van der Waals surface area contributed by atoms with Crippen molar-refractivity contribution in [2.75, 3.05) is 5.32 Å². The number of halogens is 3. The van der Waals surface area contributed by atoms with E-state index >= 15 is 0 Å². The largest absolute Gasteiger partial charge is 0.478 e. The third-order valence-corrected chi connectivity index (χ3v) is 5.88. The van der Waals surface area contributed by atoms with Crippen LogP contribution in [-0.4, -0.2) is 26.5 Å². The van der Waals surface area contributed by atoms with Gasteiger partial charge >= 0.3 is 12.1 Å². The number of thiophene rings is 1. The summed E-state index contributed by atoms with van der Waals surface area (Å²) in [4.78, 5) is 42.3. The molecule has 2 heterocycles. The maximum absolute atomic E-state index is 13.3. The van der Waals surface area contributed by atoms with Crippen LogP contribution < -0.4 is 10.9 Å². The smallest absolute Gasteiger partial charge is 0.418 e. The van der Waals surface area contributed by atoms with E-state index in [1.54, 1.807) is 18.2 Å². The number of benzene rings is 2. The number of carboxylic acid groups (broad SMARTS) is 1. The highest BCUT2D eigenvalue weighted by Crippen LogP contribution is 2.34. The molecule has 0 fully saturated rings. The van der Waals surface area contributed by atoms with E-state index in [4.69, 9.17) is 0 Å². The number of rotatable bonds is 5. The summed E-state index contributed by atoms with van der Waals surface area (Å²) in [6.45, 7) is 1.14. The van der Waals surface area contributed by atoms with E-state index < -0.39 is 41.4 Å². The van der Waals surface area contributed by atoms with Gasteiger partial charge in [0, 0.05) is 10.9 Å². The Labute approximate surface area is 194 Å². The van der Waals surface area contributed by atoms with Gasteiger partial charge in [0.2, 0.25) is 5.91 Å². The van der Waals surface area contributed by atoms with Crippen LogP contribution in [0.4, 0.5) is 18.9 Å². The van der Waals surface area contributed by atoms with Crippen molar-refractivity contribution in [3.05, 3.63) is 81.0 Å². The summed E-state index contributed by atoms with van der Waals surface area (Å²) in [5.74, 6) is -2.14. The van der Waals surface area contributed by atoms with Gasteiger partial charge in [0.05, 0.1) is 22.2 Å². The van der Waals surface area contributed by atoms with Gasteiger partial charge in [0.25, 0.3) is 5.56 Å². The van der Waals surface area contributed by atoms with Crippen molar-refractivity contribution in [1.29, 1.82) is 0 Å². The fraction of sp³-hybridized carbons (Fsp3) is 0.130. The molecule has 0 unspecified atom stereocenters. The molecule has 2 N–H and O–H groups in total. The molecule has 0 bridgehead atoms. The van der Waals surface area contributed by atoms with Gasteiger partial charge in [-0.1, -0.05) is 35.9 Å². The van der Waals surface area contributed by atoms with E-state index in [-0.39, 0.29) is 21.6 Å². The Kier molecular flexibility index (Phi) is 5.96. The molecule has 34 heavy (non-hydrogen) atoms. The molecule has 0 spiro atoms. The van der Waals surface area contributed by atoms with Crippen LogP contribution in [0.2, 0.25) is 0 Å². The van der Waals surface area contributed by atoms with Gasteiger partial charge in [0.1, 0.15) is 17.2 Å². The second kappa shape index (κ2) is 8.75. The van der Waals surface area contributed by atoms with Gasteiger partial charge in [-0.25, -0.2) is 9.78 Å². The Morgan fingerprint density at radius 3 is 2.56 bits per heavy atom. The molecular weight excluding hydrogens is 471 g/mol. The number of anilines is 1. The number of alkyl halides is 3. The second-order valence-electron chi connectivity index (χ2n) is 7.42. The zero-order valence-electron chi connectivity index (χ0n) is 17.5. The fourth-order valence-corrected chi connectivity index (χ4v) is 4.41. The number of fused-ring (bicyclic) bond motifs is 1. The lowest BCUT2D eigenvalue weighted by atomic mass is 10.1. The Hall–Kier alpha value is -3.99. The average Bonchev–Trinajstić information content (AvgIpc) is 3.20. The lowest BCUT2D eigenvalue weighted by Gasteiger charge is -2.16. The van der Waals surface area contributed by atoms with Crippen LogP contribution in [-0.2, 0) is 17.5 Å². The van der Waals surface area contributed by atoms with E-state index in [0.29, 0.717) is 5.56 Å². The number of hydrogen-bond acceptors (Lipinski definition) is 5. The number of hydrogen-bond donors (Lipinski definition) is 2. The number of nitrogens with one attached hydrogen (secondary N) is 1. The molecule has 4 aromatic rings. The normalized spacial score (nSPS) is 11.5. The van der Waals surface area contributed by atoms with Gasteiger partial charge in [-0.3, -0.25) is 14.2 Å². The topological polar surface area (TPSA) is 101 Å². The molecule has 7 nitrogen and oxygen atoms in total. The summed E-state index contributed by atoms with van der Waals surface area (Å²) in [7, 11) is 0. The maximum atomic E-state index is 13.3. The molecule has 0 radical (unpaired) electrons. The SMILES string of the molecule is Cc1cccc(-c2nc3scc(C(=O)O)c3c(=O)n2CC(=O)Nc2ccccc2C(F)(F)F)c1. The number of amides is 1. The fourth-order valence-electron chi connectivity index (χ4n) is 3.51. The number of para-hydroxylation sites is 1. The summed E-state index contributed by atoms with van der Waals surface area (Å²) in [6.07, 6.45) is -4.69. The number of carboxylic acids is 1. The standard InChI is InChI=1S/C23H16F3N3O4S/c1-12-5-4-6-13(9-12)19-28-20-18(14(11-34-20)22(32)33)21(31)29(19)10-17(30)27-16-8-3-2-7-15(16)23(24,25)26/h2-9,11H,10H2,1H3,(H,27,30)(H,32,33). The van der Waals surface area contributed by atoms with Gasteiger partial charge in [-0.15, -0.1) is 11.3 Å². The zero-order valence-corrected chi connectivity index (χ0v) is 18.3. The molecule has 1 amide bonds. The minimum absolute atomic E-state index is 0.0965. The minimum atomic E-state index is -4.69. The molecule has 0 saturated carbocycles. The Morgan fingerprint density at radius 2 is 1.88 bits per heavy atom. The van der Waals surface area contributed by atoms with E-state index in [1.165, 1.54) is 17.5 Å². The van der Waals surface area contributed by atoms with E-state index in [2.05, 4.69) is 10.3 Å². The number of aromatic nitrogens is 2. The maximum Gasteiger partial charge on any atom is 0.418 e. The molecule has 2 aromatic heterocycles. The van der Waals surface area contributed by atoms with Crippen molar-refractivity contribution in [1.82, 2.24) is 9.55 Å². The number of aromatic carboxylic acids is 1. The van der Waals surface area contributed by atoms with Gasteiger partial charge in [-0.05, 0) is 25.1 Å². The average molecular weight is 487 g/mol. The molecule has 0 aliphatic heterocycles. The molecule has 174 valence electrons. The predicted molar refractivity (Wildman–Crippen MR) is 121 cm³/mol. The van der Waals surface area contributed by atoms with Crippen LogP contribution in [0, 0.1) is 6.92 Å². The third kappa shape index (κ3) is 4.42. The van der Waals surface area contributed by atoms with E-state index in [9.17, 15) is 32.7 Å². The molecule has 0 aliphatic rings. The first-order chi connectivity index (χ1) is 16.1. The minimum Gasteiger partial charge on any atom is -0.478 e. The van der Waals surface area contributed by atoms with Crippen LogP contribution in [0.25, 0.3) is 21.6 Å². The predicted octanol–water partition coefficient (Wildman–Crippen LogP) is 4.79. The summed E-state index contributed by atoms with van der Waals surface area (Å²) >= 11 is 0.974. The molecular formula is C23H16F3N3O4S. The van der Waals surface area contributed by atoms with Crippen molar-refractivity contribution >= 4 is 39.1 Å².